The molecule has 0 unspecified atom stereocenters. The molecule has 4 heterocycles. The van der Waals surface area contributed by atoms with Crippen LogP contribution in [-0.2, 0) is 0 Å². The average molecular weight is 432 g/mol. The molecule has 5 rings (SSSR count). The summed E-state index contributed by atoms with van der Waals surface area (Å²) in [4.78, 5) is 35.3. The van der Waals surface area contributed by atoms with Crippen LogP contribution in [0, 0.1) is 0 Å². The molecular weight excluding hydrogens is 408 g/mol. The number of benzene rings is 1. The summed E-state index contributed by atoms with van der Waals surface area (Å²) in [7, 11) is 0. The zero-order valence-corrected chi connectivity index (χ0v) is 17.8. The molecule has 164 valence electrons. The maximum atomic E-state index is 13.2. The van der Waals surface area contributed by atoms with Gasteiger partial charge < -0.3 is 24.9 Å². The Morgan fingerprint density at radius 3 is 2.72 bits per heavy atom. The molecule has 4 aromatic rings. The van der Waals surface area contributed by atoms with E-state index in [0.717, 1.165) is 11.0 Å². The van der Waals surface area contributed by atoms with Gasteiger partial charge in [0, 0.05) is 42.5 Å². The lowest BCUT2D eigenvalue weighted by atomic mass is 10.1. The van der Waals surface area contributed by atoms with E-state index in [9.17, 15) is 14.7 Å². The fraction of sp³-hybridized carbons (Fsp3) is 0.304. The van der Waals surface area contributed by atoms with Crippen LogP contribution in [0.1, 0.15) is 46.6 Å². The predicted molar refractivity (Wildman–Crippen MR) is 119 cm³/mol. The standard InChI is InChI=1S/C23H24N6O3/c1-13(2)29-12-26-17-9-14(3-4-18(17)29)23(32)27-10-19(20(30)11-27)28-8-6-16-15(21(24)31)5-7-25-22(16)28/h3-9,12-13,19-20,30H,10-11H2,1-2H3,(H2,24,31)/t19-,20-/m1/s1. The van der Waals surface area contributed by atoms with Crippen molar-refractivity contribution in [3.8, 4) is 0 Å². The number of nitrogens with two attached hydrogens (primary N) is 1. The molecule has 3 aromatic heterocycles. The normalized spacial score (nSPS) is 18.8. The molecule has 0 aliphatic carbocycles. The minimum absolute atomic E-state index is 0.158. The zero-order valence-electron chi connectivity index (χ0n) is 17.8. The molecule has 1 aliphatic rings. The van der Waals surface area contributed by atoms with Crippen LogP contribution in [0.2, 0.25) is 0 Å². The van der Waals surface area contributed by atoms with Crippen molar-refractivity contribution in [2.24, 2.45) is 5.73 Å². The van der Waals surface area contributed by atoms with Gasteiger partial charge in [0.1, 0.15) is 5.65 Å². The quantitative estimate of drug-likeness (QED) is 0.512. The number of aliphatic hydroxyl groups is 1. The number of carbonyl (C=O) groups excluding carboxylic acids is 2. The molecule has 32 heavy (non-hydrogen) atoms. The second-order valence-electron chi connectivity index (χ2n) is 8.48. The molecule has 2 amide bonds. The number of primary amides is 1. The highest BCUT2D eigenvalue weighted by Crippen LogP contribution is 2.29. The molecule has 2 atom stereocenters. The summed E-state index contributed by atoms with van der Waals surface area (Å²) in [6, 6.07) is 8.74. The first-order valence-electron chi connectivity index (χ1n) is 10.5. The largest absolute Gasteiger partial charge is 0.389 e. The van der Waals surface area contributed by atoms with Crippen molar-refractivity contribution in [2.75, 3.05) is 13.1 Å². The molecule has 9 heteroatoms. The smallest absolute Gasteiger partial charge is 0.254 e. The summed E-state index contributed by atoms with van der Waals surface area (Å²) in [6.07, 6.45) is 4.31. The van der Waals surface area contributed by atoms with Crippen LogP contribution in [-0.4, -0.2) is 60.1 Å². The number of rotatable bonds is 4. The van der Waals surface area contributed by atoms with Crippen molar-refractivity contribution >= 4 is 33.9 Å². The average Bonchev–Trinajstić information content (AvgIpc) is 3.48. The van der Waals surface area contributed by atoms with Gasteiger partial charge in [-0.2, -0.15) is 0 Å². The Labute approximate surface area is 184 Å². The van der Waals surface area contributed by atoms with Crippen LogP contribution < -0.4 is 5.73 Å². The molecule has 1 aromatic carbocycles. The SMILES string of the molecule is CC(C)n1cnc2cc(C(=O)N3C[C@@H](O)[C@H](n4ccc5c(C(N)=O)ccnc54)C3)ccc21. The maximum absolute atomic E-state index is 13.2. The summed E-state index contributed by atoms with van der Waals surface area (Å²) < 4.78 is 3.87. The number of carbonyl (C=O) groups is 2. The summed E-state index contributed by atoms with van der Waals surface area (Å²) in [5, 5.41) is 11.4. The van der Waals surface area contributed by atoms with Gasteiger partial charge in [-0.3, -0.25) is 9.59 Å². The first kappa shape index (κ1) is 20.2. The molecule has 0 spiro atoms. The molecule has 1 fully saturated rings. The van der Waals surface area contributed by atoms with Gasteiger partial charge >= 0.3 is 0 Å². The van der Waals surface area contributed by atoms with E-state index in [1.54, 1.807) is 41.7 Å². The first-order chi connectivity index (χ1) is 15.3. The van der Waals surface area contributed by atoms with Gasteiger partial charge in [0.25, 0.3) is 5.91 Å². The minimum atomic E-state index is -0.766. The molecular formula is C23H24N6O3. The fourth-order valence-corrected chi connectivity index (χ4v) is 4.51. The monoisotopic (exact) mass is 432 g/mol. The van der Waals surface area contributed by atoms with Crippen molar-refractivity contribution in [1.29, 1.82) is 0 Å². The lowest BCUT2D eigenvalue weighted by Gasteiger charge is -2.18. The molecule has 1 saturated heterocycles. The van der Waals surface area contributed by atoms with Crippen molar-refractivity contribution in [1.82, 2.24) is 24.0 Å². The Morgan fingerprint density at radius 1 is 1.16 bits per heavy atom. The third-order valence-electron chi connectivity index (χ3n) is 6.16. The van der Waals surface area contributed by atoms with Gasteiger partial charge in [0.15, 0.2) is 0 Å². The van der Waals surface area contributed by atoms with Crippen LogP contribution in [0.3, 0.4) is 0 Å². The van der Waals surface area contributed by atoms with Crippen LogP contribution in [0.15, 0.2) is 49.1 Å². The van der Waals surface area contributed by atoms with Crippen LogP contribution in [0.25, 0.3) is 22.1 Å². The Hall–Kier alpha value is -3.72. The van der Waals surface area contributed by atoms with E-state index in [1.807, 2.05) is 10.6 Å². The highest BCUT2D eigenvalue weighted by Gasteiger charge is 2.36. The van der Waals surface area contributed by atoms with E-state index in [0.29, 0.717) is 28.7 Å². The van der Waals surface area contributed by atoms with Gasteiger partial charge in [-0.15, -0.1) is 0 Å². The van der Waals surface area contributed by atoms with Gasteiger partial charge in [0.05, 0.1) is 35.1 Å². The second kappa shape index (κ2) is 7.45. The van der Waals surface area contributed by atoms with Gasteiger partial charge in [-0.25, -0.2) is 9.97 Å². The summed E-state index contributed by atoms with van der Waals surface area (Å²) in [5.74, 6) is -0.691. The summed E-state index contributed by atoms with van der Waals surface area (Å²) >= 11 is 0. The number of amides is 2. The van der Waals surface area contributed by atoms with Crippen LogP contribution >= 0.6 is 0 Å². The van der Waals surface area contributed by atoms with Gasteiger partial charge in [-0.1, -0.05) is 0 Å². The first-order valence-corrected chi connectivity index (χ1v) is 10.5. The Morgan fingerprint density at radius 2 is 1.97 bits per heavy atom. The Balaban J connectivity index is 1.42. The topological polar surface area (TPSA) is 119 Å². The van der Waals surface area contributed by atoms with Gasteiger partial charge in [0.2, 0.25) is 5.91 Å². The lowest BCUT2D eigenvalue weighted by Crippen LogP contribution is -2.29. The molecule has 0 radical (unpaired) electrons. The van der Waals surface area contributed by atoms with Gasteiger partial charge in [-0.05, 0) is 44.2 Å². The zero-order chi connectivity index (χ0) is 22.6. The number of aromatic nitrogens is 4. The lowest BCUT2D eigenvalue weighted by molar-refractivity contribution is 0.0764. The third-order valence-corrected chi connectivity index (χ3v) is 6.16. The third kappa shape index (κ3) is 3.13. The highest BCUT2D eigenvalue weighted by molar-refractivity contribution is 6.04. The second-order valence-corrected chi connectivity index (χ2v) is 8.48. The van der Waals surface area contributed by atoms with E-state index in [1.165, 1.54) is 6.20 Å². The van der Waals surface area contributed by atoms with E-state index in [2.05, 4.69) is 28.4 Å². The molecule has 3 N–H and O–H groups in total. The minimum Gasteiger partial charge on any atom is -0.389 e. The van der Waals surface area contributed by atoms with Crippen LogP contribution in [0.4, 0.5) is 0 Å². The number of nitrogens with zero attached hydrogens (tertiary/aromatic N) is 5. The number of hydrogen-bond donors (Lipinski definition) is 2. The number of pyridine rings is 1. The number of imidazole rings is 1. The van der Waals surface area contributed by atoms with E-state index >= 15 is 0 Å². The number of hydrogen-bond acceptors (Lipinski definition) is 5. The Kier molecular flexibility index (Phi) is 4.70. The van der Waals surface area contributed by atoms with Crippen molar-refractivity contribution in [2.45, 2.75) is 32.0 Å². The Bertz CT molecular complexity index is 1350. The summed E-state index contributed by atoms with van der Waals surface area (Å²) in [5.41, 5.74) is 8.68. The number of likely N-dealkylation sites (tertiary alicyclic amines) is 1. The van der Waals surface area contributed by atoms with Crippen molar-refractivity contribution in [3.05, 3.63) is 60.2 Å². The van der Waals surface area contributed by atoms with Crippen molar-refractivity contribution in [3.63, 3.8) is 0 Å². The molecule has 0 bridgehead atoms. The number of fused-ring (bicyclic) bond motifs is 2. The maximum Gasteiger partial charge on any atom is 0.254 e. The predicted octanol–water partition coefficient (Wildman–Crippen LogP) is 2.12. The van der Waals surface area contributed by atoms with E-state index in [4.69, 9.17) is 5.73 Å². The number of aliphatic hydroxyl groups excluding tert-OH is 1. The van der Waals surface area contributed by atoms with E-state index in [-0.39, 0.29) is 24.5 Å². The molecule has 0 saturated carbocycles. The van der Waals surface area contributed by atoms with Crippen molar-refractivity contribution < 1.29 is 14.7 Å². The summed E-state index contributed by atoms with van der Waals surface area (Å²) in [6.45, 7) is 4.69. The fourth-order valence-electron chi connectivity index (χ4n) is 4.51. The number of β-amino-alcohol motifs (C(OH)–C–C–N with tert-alkyl or cyclic N) is 1. The molecule has 1 aliphatic heterocycles. The van der Waals surface area contributed by atoms with Crippen LogP contribution in [0.5, 0.6) is 0 Å². The van der Waals surface area contributed by atoms with E-state index < -0.39 is 12.0 Å². The molecule has 9 nitrogen and oxygen atoms in total. The highest BCUT2D eigenvalue weighted by atomic mass is 16.3.